The van der Waals surface area contributed by atoms with E-state index in [1.165, 1.54) is 43.6 Å². The summed E-state index contributed by atoms with van der Waals surface area (Å²) in [4.78, 5) is 27.3. The number of esters is 1. The monoisotopic (exact) mass is 289 g/mol. The largest absolute Gasteiger partial charge is 0.465 e. The molecule has 0 spiro atoms. The summed E-state index contributed by atoms with van der Waals surface area (Å²) >= 11 is 0. The van der Waals surface area contributed by atoms with Crippen molar-refractivity contribution >= 4 is 23.5 Å². The molecule has 0 aliphatic rings. The van der Waals surface area contributed by atoms with Crippen molar-refractivity contribution in [2.45, 2.75) is 0 Å². The minimum Gasteiger partial charge on any atom is -0.465 e. The van der Waals surface area contributed by atoms with E-state index in [0.717, 1.165) is 0 Å². The Bertz CT molecular complexity index is 676. The van der Waals surface area contributed by atoms with Crippen LogP contribution in [0.5, 0.6) is 0 Å². The van der Waals surface area contributed by atoms with Crippen LogP contribution in [0.3, 0.4) is 0 Å². The molecule has 21 heavy (non-hydrogen) atoms. The van der Waals surface area contributed by atoms with Gasteiger partial charge >= 0.3 is 12.0 Å². The molecule has 1 heterocycles. The van der Waals surface area contributed by atoms with Crippen molar-refractivity contribution in [1.82, 2.24) is 4.98 Å². The molecule has 1 aromatic heterocycles. The van der Waals surface area contributed by atoms with Gasteiger partial charge in [0.2, 0.25) is 0 Å². The molecule has 0 bridgehead atoms. The first-order valence-corrected chi connectivity index (χ1v) is 5.97. The Balaban J connectivity index is 2.11. The summed E-state index contributed by atoms with van der Waals surface area (Å²) < 4.78 is 17.6. The number of rotatable bonds is 3. The molecule has 0 radical (unpaired) electrons. The summed E-state index contributed by atoms with van der Waals surface area (Å²) in [6.07, 6.45) is 1.42. The Morgan fingerprint density at radius 1 is 1.19 bits per heavy atom. The number of methoxy groups -OCH3 is 1. The fraction of sp³-hybridized carbons (Fsp3) is 0.0714. The van der Waals surface area contributed by atoms with Crippen LogP contribution in [0.25, 0.3) is 0 Å². The summed E-state index contributed by atoms with van der Waals surface area (Å²) in [6, 6.07) is 7.78. The third kappa shape index (κ3) is 3.75. The molecule has 0 aliphatic heterocycles. The van der Waals surface area contributed by atoms with Gasteiger partial charge in [-0.1, -0.05) is 6.07 Å². The molecule has 2 rings (SSSR count). The van der Waals surface area contributed by atoms with Gasteiger partial charge in [-0.05, 0) is 30.3 Å². The van der Waals surface area contributed by atoms with Crippen LogP contribution in [-0.4, -0.2) is 24.1 Å². The van der Waals surface area contributed by atoms with E-state index in [-0.39, 0.29) is 17.1 Å². The molecule has 108 valence electrons. The van der Waals surface area contributed by atoms with E-state index < -0.39 is 17.8 Å². The molecule has 0 fully saturated rings. The molecule has 2 N–H and O–H groups in total. The lowest BCUT2D eigenvalue weighted by Gasteiger charge is -2.09. The standard InChI is InChI=1S/C14H12FN3O3/c1-21-13(19)11-6-3-7-16-12(11)18-14(20)17-10-5-2-4-9(15)8-10/h2-8H,1H3,(H2,16,17,18,20). The maximum Gasteiger partial charge on any atom is 0.341 e. The highest BCUT2D eigenvalue weighted by Crippen LogP contribution is 2.14. The van der Waals surface area contributed by atoms with Crippen molar-refractivity contribution in [3.8, 4) is 0 Å². The molecule has 0 atom stereocenters. The highest BCUT2D eigenvalue weighted by atomic mass is 19.1. The third-order valence-electron chi connectivity index (χ3n) is 2.53. The number of ether oxygens (including phenoxy) is 1. The van der Waals surface area contributed by atoms with Gasteiger partial charge in [-0.3, -0.25) is 5.32 Å². The zero-order chi connectivity index (χ0) is 15.2. The average molecular weight is 289 g/mol. The molecule has 0 aliphatic carbocycles. The molecule has 1 aromatic carbocycles. The molecule has 2 amide bonds. The second kappa shape index (κ2) is 6.47. The van der Waals surface area contributed by atoms with Crippen molar-refractivity contribution in [2.75, 3.05) is 17.7 Å². The Kier molecular flexibility index (Phi) is 4.45. The number of urea groups is 1. The van der Waals surface area contributed by atoms with Crippen LogP contribution in [0.4, 0.5) is 20.7 Å². The van der Waals surface area contributed by atoms with E-state index >= 15 is 0 Å². The smallest absolute Gasteiger partial charge is 0.341 e. The van der Waals surface area contributed by atoms with Crippen LogP contribution in [0.1, 0.15) is 10.4 Å². The van der Waals surface area contributed by atoms with Gasteiger partial charge in [-0.25, -0.2) is 19.0 Å². The summed E-state index contributed by atoms with van der Waals surface area (Å²) in [6.45, 7) is 0. The lowest BCUT2D eigenvalue weighted by molar-refractivity contribution is 0.0601. The third-order valence-corrected chi connectivity index (χ3v) is 2.53. The van der Waals surface area contributed by atoms with Crippen LogP contribution in [0, 0.1) is 5.82 Å². The lowest BCUT2D eigenvalue weighted by Crippen LogP contribution is -2.22. The first-order chi connectivity index (χ1) is 10.1. The quantitative estimate of drug-likeness (QED) is 0.851. The summed E-state index contributed by atoms with van der Waals surface area (Å²) in [7, 11) is 1.23. The van der Waals surface area contributed by atoms with Gasteiger partial charge in [0.25, 0.3) is 0 Å². The molecule has 0 saturated carbocycles. The number of anilines is 2. The Labute approximate surface area is 120 Å². The summed E-state index contributed by atoms with van der Waals surface area (Å²) in [5, 5.41) is 4.84. The molecule has 2 aromatic rings. The molecule has 6 nitrogen and oxygen atoms in total. The van der Waals surface area contributed by atoms with Gasteiger partial charge in [0.05, 0.1) is 7.11 Å². The number of amides is 2. The Morgan fingerprint density at radius 3 is 2.71 bits per heavy atom. The highest BCUT2D eigenvalue weighted by Gasteiger charge is 2.14. The molecule has 0 unspecified atom stereocenters. The van der Waals surface area contributed by atoms with E-state index in [1.807, 2.05) is 0 Å². The number of carbonyl (C=O) groups excluding carboxylic acids is 2. The Morgan fingerprint density at radius 2 is 2.00 bits per heavy atom. The molecule has 0 saturated heterocycles. The number of halogens is 1. The van der Waals surface area contributed by atoms with Crippen LogP contribution >= 0.6 is 0 Å². The SMILES string of the molecule is COC(=O)c1cccnc1NC(=O)Nc1cccc(F)c1. The van der Waals surface area contributed by atoms with E-state index in [0.29, 0.717) is 0 Å². The van der Waals surface area contributed by atoms with E-state index in [4.69, 9.17) is 0 Å². The normalized spacial score (nSPS) is 9.81. The number of hydrogen-bond acceptors (Lipinski definition) is 4. The second-order valence-corrected chi connectivity index (χ2v) is 3.98. The summed E-state index contributed by atoms with van der Waals surface area (Å²) in [5.41, 5.74) is 0.400. The first-order valence-electron chi connectivity index (χ1n) is 5.97. The zero-order valence-corrected chi connectivity index (χ0v) is 11.1. The summed E-state index contributed by atoms with van der Waals surface area (Å²) in [5.74, 6) is -1.04. The highest BCUT2D eigenvalue weighted by molar-refractivity contribution is 6.03. The van der Waals surface area contributed by atoms with E-state index in [2.05, 4.69) is 20.4 Å². The average Bonchev–Trinajstić information content (AvgIpc) is 2.47. The number of pyridine rings is 1. The maximum absolute atomic E-state index is 13.0. The van der Waals surface area contributed by atoms with Crippen molar-refractivity contribution in [1.29, 1.82) is 0 Å². The van der Waals surface area contributed by atoms with Crippen LogP contribution in [0.2, 0.25) is 0 Å². The van der Waals surface area contributed by atoms with E-state index in [1.54, 1.807) is 6.07 Å². The first kappa shape index (κ1) is 14.4. The molecular weight excluding hydrogens is 277 g/mol. The second-order valence-electron chi connectivity index (χ2n) is 3.98. The van der Waals surface area contributed by atoms with Gasteiger partial charge in [0, 0.05) is 11.9 Å². The van der Waals surface area contributed by atoms with Gasteiger partial charge in [-0.15, -0.1) is 0 Å². The minimum absolute atomic E-state index is 0.0539. The van der Waals surface area contributed by atoms with Crippen molar-refractivity contribution in [3.63, 3.8) is 0 Å². The lowest BCUT2D eigenvalue weighted by atomic mass is 10.2. The van der Waals surface area contributed by atoms with Gasteiger partial charge in [0.15, 0.2) is 0 Å². The molecule has 7 heteroatoms. The fourth-order valence-corrected chi connectivity index (χ4v) is 1.62. The number of benzene rings is 1. The van der Waals surface area contributed by atoms with Crippen LogP contribution in [-0.2, 0) is 4.74 Å². The van der Waals surface area contributed by atoms with Crippen molar-refractivity contribution in [2.24, 2.45) is 0 Å². The number of hydrogen-bond donors (Lipinski definition) is 2. The predicted octanol–water partition coefficient (Wildman–Crippen LogP) is 2.65. The number of carbonyl (C=O) groups is 2. The van der Waals surface area contributed by atoms with Gasteiger partial charge in [0.1, 0.15) is 17.2 Å². The minimum atomic E-state index is -0.649. The molecular formula is C14H12FN3O3. The number of aromatic nitrogens is 1. The van der Waals surface area contributed by atoms with Gasteiger partial charge in [-0.2, -0.15) is 0 Å². The number of nitrogens with zero attached hydrogens (tertiary/aromatic N) is 1. The van der Waals surface area contributed by atoms with E-state index in [9.17, 15) is 14.0 Å². The van der Waals surface area contributed by atoms with Crippen LogP contribution in [0.15, 0.2) is 42.6 Å². The predicted molar refractivity (Wildman–Crippen MR) is 74.6 cm³/mol. The van der Waals surface area contributed by atoms with Crippen molar-refractivity contribution in [3.05, 3.63) is 54.0 Å². The number of nitrogens with one attached hydrogen (secondary N) is 2. The fourth-order valence-electron chi connectivity index (χ4n) is 1.62. The maximum atomic E-state index is 13.0. The zero-order valence-electron chi connectivity index (χ0n) is 11.1. The van der Waals surface area contributed by atoms with Crippen molar-refractivity contribution < 1.29 is 18.7 Å². The Hall–Kier alpha value is -2.96. The van der Waals surface area contributed by atoms with Gasteiger partial charge < -0.3 is 10.1 Å². The van der Waals surface area contributed by atoms with Crippen LogP contribution < -0.4 is 10.6 Å². The topological polar surface area (TPSA) is 80.3 Å².